The predicted octanol–water partition coefficient (Wildman–Crippen LogP) is 2.68. The van der Waals surface area contributed by atoms with Gasteiger partial charge in [-0.3, -0.25) is 14.6 Å². The molecule has 1 aromatic carbocycles. The number of anilines is 2. The van der Waals surface area contributed by atoms with Gasteiger partial charge in [-0.1, -0.05) is 19.4 Å². The van der Waals surface area contributed by atoms with Crippen molar-refractivity contribution in [3.63, 3.8) is 0 Å². The van der Waals surface area contributed by atoms with Crippen LogP contribution < -0.4 is 10.6 Å². The molecule has 0 aromatic heterocycles. The number of unbranched alkanes of at least 4 members (excludes halogenated alkanes) is 1. The van der Waals surface area contributed by atoms with Gasteiger partial charge in [0.25, 0.3) is 0 Å². The second-order valence-corrected chi connectivity index (χ2v) is 5.37. The molecule has 1 aliphatic heterocycles. The normalized spacial score (nSPS) is 18.1. The van der Waals surface area contributed by atoms with Crippen LogP contribution in [-0.4, -0.2) is 24.6 Å². The molecule has 5 nitrogen and oxygen atoms in total. The number of hydrogen-bond donors (Lipinski definition) is 2. The van der Waals surface area contributed by atoms with Crippen molar-refractivity contribution < 1.29 is 9.59 Å². The Bertz CT molecular complexity index is 593. The van der Waals surface area contributed by atoms with E-state index in [4.69, 9.17) is 0 Å². The van der Waals surface area contributed by atoms with Crippen molar-refractivity contribution >= 4 is 29.4 Å². The zero-order valence-electron chi connectivity index (χ0n) is 12.7. The third kappa shape index (κ3) is 3.48. The lowest BCUT2D eigenvalue weighted by Crippen LogP contribution is -2.32. The summed E-state index contributed by atoms with van der Waals surface area (Å²) in [5, 5.41) is 5.64. The average molecular weight is 287 g/mol. The van der Waals surface area contributed by atoms with Gasteiger partial charge in [-0.05, 0) is 37.5 Å². The van der Waals surface area contributed by atoms with E-state index in [-0.39, 0.29) is 11.8 Å². The second-order valence-electron chi connectivity index (χ2n) is 5.37. The zero-order chi connectivity index (χ0) is 15.4. The van der Waals surface area contributed by atoms with Crippen LogP contribution in [0.4, 0.5) is 11.4 Å². The third-order valence-corrected chi connectivity index (χ3v) is 3.45. The molecule has 1 atom stereocenters. The molecule has 1 unspecified atom stereocenters. The number of rotatable bonds is 4. The molecular weight excluding hydrogens is 266 g/mol. The van der Waals surface area contributed by atoms with E-state index in [1.54, 1.807) is 0 Å². The highest BCUT2D eigenvalue weighted by Gasteiger charge is 2.30. The Hall–Kier alpha value is -2.17. The Morgan fingerprint density at radius 1 is 1.19 bits per heavy atom. The number of nitrogens with zero attached hydrogens (tertiary/aromatic N) is 1. The molecule has 2 N–H and O–H groups in total. The first-order valence-corrected chi connectivity index (χ1v) is 7.26. The van der Waals surface area contributed by atoms with Crippen molar-refractivity contribution in [3.8, 4) is 0 Å². The largest absolute Gasteiger partial charge is 0.323 e. The molecule has 0 radical (unpaired) electrons. The lowest BCUT2D eigenvalue weighted by molar-refractivity contribution is -0.126. The fourth-order valence-electron chi connectivity index (χ4n) is 2.33. The molecule has 112 valence electrons. The van der Waals surface area contributed by atoms with Crippen molar-refractivity contribution in [3.05, 3.63) is 23.3 Å². The zero-order valence-corrected chi connectivity index (χ0v) is 12.7. The van der Waals surface area contributed by atoms with Gasteiger partial charge in [0.2, 0.25) is 11.8 Å². The molecule has 2 rings (SSSR count). The van der Waals surface area contributed by atoms with Crippen molar-refractivity contribution in [2.24, 2.45) is 10.9 Å². The highest BCUT2D eigenvalue weighted by Crippen LogP contribution is 2.30. The van der Waals surface area contributed by atoms with Crippen LogP contribution >= 0.6 is 0 Å². The molecule has 0 saturated carbocycles. The average Bonchev–Trinajstić information content (AvgIpc) is 2.53. The maximum Gasteiger partial charge on any atom is 0.242 e. The van der Waals surface area contributed by atoms with Gasteiger partial charge in [0.15, 0.2) is 5.92 Å². The molecule has 1 aliphatic rings. The summed E-state index contributed by atoms with van der Waals surface area (Å²) in [4.78, 5) is 28.6. The highest BCUT2D eigenvalue weighted by atomic mass is 16.2. The van der Waals surface area contributed by atoms with Gasteiger partial charge in [0, 0.05) is 12.8 Å². The van der Waals surface area contributed by atoms with Gasteiger partial charge >= 0.3 is 0 Å². The van der Waals surface area contributed by atoms with Crippen LogP contribution in [0, 0.1) is 19.8 Å². The number of aliphatic imine (C=N–C) groups is 1. The first-order chi connectivity index (χ1) is 10.0. The SMILES string of the molecule is CCCCN=CC1C(=O)Nc2cc(C)cc(C)c2NC1=O. The lowest BCUT2D eigenvalue weighted by atomic mass is 10.1. The van der Waals surface area contributed by atoms with E-state index in [1.807, 2.05) is 26.0 Å². The maximum absolute atomic E-state index is 12.2. The summed E-state index contributed by atoms with van der Waals surface area (Å²) in [7, 11) is 0. The molecule has 0 spiro atoms. The minimum atomic E-state index is -0.881. The van der Waals surface area contributed by atoms with Gasteiger partial charge in [0.05, 0.1) is 11.4 Å². The second kappa shape index (κ2) is 6.52. The highest BCUT2D eigenvalue weighted by molar-refractivity contribution is 6.23. The molecule has 0 bridgehead atoms. The first kappa shape index (κ1) is 15.2. The number of carbonyl (C=O) groups is 2. The number of nitrogens with one attached hydrogen (secondary N) is 2. The standard InChI is InChI=1S/C16H21N3O2/c1-4-5-6-17-9-12-15(20)18-13-8-10(2)7-11(3)14(13)19-16(12)21/h7-9,12H,4-6H2,1-3H3,(H,18,20)(H,19,21). The summed E-state index contributed by atoms with van der Waals surface area (Å²) in [6.07, 6.45) is 3.43. The number of hydrogen-bond acceptors (Lipinski definition) is 3. The molecule has 5 heteroatoms. The van der Waals surface area contributed by atoms with Crippen LogP contribution in [-0.2, 0) is 9.59 Å². The third-order valence-electron chi connectivity index (χ3n) is 3.45. The molecule has 0 fully saturated rings. The van der Waals surface area contributed by atoms with Gasteiger partial charge in [-0.15, -0.1) is 0 Å². The van der Waals surface area contributed by atoms with Crippen LogP contribution in [0.5, 0.6) is 0 Å². The van der Waals surface area contributed by atoms with Crippen LogP contribution in [0.15, 0.2) is 17.1 Å². The smallest absolute Gasteiger partial charge is 0.242 e. The summed E-state index contributed by atoms with van der Waals surface area (Å²) in [5.74, 6) is -1.55. The van der Waals surface area contributed by atoms with Crippen LogP contribution in [0.3, 0.4) is 0 Å². The van der Waals surface area contributed by atoms with E-state index < -0.39 is 5.92 Å². The molecule has 0 saturated heterocycles. The minimum absolute atomic E-state index is 0.335. The number of carbonyl (C=O) groups excluding carboxylic acids is 2. The van der Waals surface area contributed by atoms with E-state index in [0.717, 1.165) is 24.0 Å². The molecule has 0 aliphatic carbocycles. The number of aryl methyl sites for hydroxylation is 2. The topological polar surface area (TPSA) is 70.6 Å². The summed E-state index contributed by atoms with van der Waals surface area (Å²) >= 11 is 0. The molecule has 1 aromatic rings. The lowest BCUT2D eigenvalue weighted by Gasteiger charge is -2.11. The van der Waals surface area contributed by atoms with Crippen molar-refractivity contribution in [1.82, 2.24) is 0 Å². The monoisotopic (exact) mass is 287 g/mol. The van der Waals surface area contributed by atoms with Crippen LogP contribution in [0.1, 0.15) is 30.9 Å². The number of benzene rings is 1. The maximum atomic E-state index is 12.2. The van der Waals surface area contributed by atoms with E-state index in [1.165, 1.54) is 6.21 Å². The summed E-state index contributed by atoms with van der Waals surface area (Å²) < 4.78 is 0. The predicted molar refractivity (Wildman–Crippen MR) is 84.9 cm³/mol. The molecular formula is C16H21N3O2. The number of amides is 2. The van der Waals surface area contributed by atoms with Gasteiger partial charge in [-0.2, -0.15) is 0 Å². The van der Waals surface area contributed by atoms with E-state index in [9.17, 15) is 9.59 Å². The summed E-state index contributed by atoms with van der Waals surface area (Å²) in [5.41, 5.74) is 3.29. The van der Waals surface area contributed by atoms with Crippen LogP contribution in [0.25, 0.3) is 0 Å². The van der Waals surface area contributed by atoms with Gasteiger partial charge in [-0.25, -0.2) is 0 Å². The Morgan fingerprint density at radius 3 is 2.62 bits per heavy atom. The molecule has 2 amide bonds. The Labute approximate surface area is 124 Å². The van der Waals surface area contributed by atoms with Crippen molar-refractivity contribution in [1.29, 1.82) is 0 Å². The Kier molecular flexibility index (Phi) is 4.73. The summed E-state index contributed by atoms with van der Waals surface area (Å²) in [6.45, 7) is 6.57. The van der Waals surface area contributed by atoms with Gasteiger partial charge in [0.1, 0.15) is 0 Å². The molecule has 1 heterocycles. The molecule has 21 heavy (non-hydrogen) atoms. The minimum Gasteiger partial charge on any atom is -0.323 e. The van der Waals surface area contributed by atoms with E-state index in [2.05, 4.69) is 22.5 Å². The van der Waals surface area contributed by atoms with Crippen molar-refractivity contribution in [2.45, 2.75) is 33.6 Å². The quantitative estimate of drug-likeness (QED) is 0.508. The fraction of sp³-hybridized carbons (Fsp3) is 0.438. The Morgan fingerprint density at radius 2 is 1.90 bits per heavy atom. The fourth-order valence-corrected chi connectivity index (χ4v) is 2.33. The van der Waals surface area contributed by atoms with E-state index >= 15 is 0 Å². The van der Waals surface area contributed by atoms with E-state index in [0.29, 0.717) is 17.9 Å². The van der Waals surface area contributed by atoms with Crippen molar-refractivity contribution in [2.75, 3.05) is 17.2 Å². The van der Waals surface area contributed by atoms with Gasteiger partial charge < -0.3 is 10.6 Å². The summed E-state index contributed by atoms with van der Waals surface area (Å²) in [6, 6.07) is 3.83. The van der Waals surface area contributed by atoms with Crippen LogP contribution in [0.2, 0.25) is 0 Å². The first-order valence-electron chi connectivity index (χ1n) is 7.26. The number of fused-ring (bicyclic) bond motifs is 1. The Balaban J connectivity index is 2.24.